The molecule has 1 aromatic heterocycles. The van der Waals surface area contributed by atoms with Crippen molar-refractivity contribution in [2.45, 2.75) is 0 Å². The molecule has 1 N–H and O–H groups in total. The number of H-pyrrole nitrogens is 1. The summed E-state index contributed by atoms with van der Waals surface area (Å²) < 4.78 is 5.56. The minimum absolute atomic E-state index is 0.857. The Labute approximate surface area is 147 Å². The monoisotopic (exact) mass is 326 g/mol. The predicted octanol–water partition coefficient (Wildman–Crippen LogP) is 5.42. The Morgan fingerprint density at radius 2 is 1.36 bits per heavy atom. The Balaban J connectivity index is 1.91. The molecule has 0 aliphatic heterocycles. The van der Waals surface area contributed by atoms with Crippen molar-refractivity contribution in [2.24, 2.45) is 0 Å². The maximum Gasteiger partial charge on any atom is 0.126 e. The first-order valence-corrected chi connectivity index (χ1v) is 8.20. The van der Waals surface area contributed by atoms with Gasteiger partial charge in [-0.25, -0.2) is 4.98 Å². The minimum atomic E-state index is 0.857. The molecule has 3 heteroatoms. The fourth-order valence-corrected chi connectivity index (χ4v) is 3.12. The molecule has 25 heavy (non-hydrogen) atoms. The Kier molecular flexibility index (Phi) is 4.05. The van der Waals surface area contributed by atoms with Crippen molar-refractivity contribution >= 4 is 0 Å². The maximum atomic E-state index is 5.56. The second-order valence-electron chi connectivity index (χ2n) is 5.74. The molecule has 0 radical (unpaired) electrons. The number of para-hydroxylation sites is 1. The molecule has 4 aromatic rings. The largest absolute Gasteiger partial charge is 0.496 e. The zero-order valence-corrected chi connectivity index (χ0v) is 13.9. The van der Waals surface area contributed by atoms with Crippen LogP contribution in [0.15, 0.2) is 85.2 Å². The zero-order valence-electron chi connectivity index (χ0n) is 13.9. The lowest BCUT2D eigenvalue weighted by atomic mass is 9.95. The molecular formula is C22H18N2O. The average Bonchev–Trinajstić information content (AvgIpc) is 3.18. The second-order valence-corrected chi connectivity index (χ2v) is 5.74. The van der Waals surface area contributed by atoms with Gasteiger partial charge in [-0.15, -0.1) is 0 Å². The van der Waals surface area contributed by atoms with Crippen LogP contribution in [0.4, 0.5) is 0 Å². The van der Waals surface area contributed by atoms with Crippen LogP contribution in [0.1, 0.15) is 0 Å². The lowest BCUT2D eigenvalue weighted by Crippen LogP contribution is -1.91. The number of aromatic amines is 1. The van der Waals surface area contributed by atoms with E-state index in [9.17, 15) is 0 Å². The van der Waals surface area contributed by atoms with Crippen LogP contribution >= 0.6 is 0 Å². The van der Waals surface area contributed by atoms with Crippen LogP contribution in [-0.2, 0) is 0 Å². The molecule has 0 bridgehead atoms. The van der Waals surface area contributed by atoms with E-state index >= 15 is 0 Å². The summed E-state index contributed by atoms with van der Waals surface area (Å²) in [5, 5.41) is 0. The van der Waals surface area contributed by atoms with Gasteiger partial charge in [0.15, 0.2) is 0 Å². The summed E-state index contributed by atoms with van der Waals surface area (Å²) in [6.07, 6.45) is 1.75. The molecule has 0 aliphatic carbocycles. The lowest BCUT2D eigenvalue weighted by Gasteiger charge is -2.13. The minimum Gasteiger partial charge on any atom is -0.496 e. The van der Waals surface area contributed by atoms with Crippen molar-refractivity contribution in [3.8, 4) is 39.4 Å². The fraction of sp³-hybridized carbons (Fsp3) is 0.0455. The Morgan fingerprint density at radius 1 is 0.720 bits per heavy atom. The summed E-state index contributed by atoms with van der Waals surface area (Å²) in [5.41, 5.74) is 6.32. The van der Waals surface area contributed by atoms with E-state index in [1.54, 1.807) is 13.4 Å². The fourth-order valence-electron chi connectivity index (χ4n) is 3.12. The molecule has 0 fully saturated rings. The highest BCUT2D eigenvalue weighted by molar-refractivity contribution is 5.89. The van der Waals surface area contributed by atoms with E-state index in [1.165, 1.54) is 0 Å². The van der Waals surface area contributed by atoms with E-state index in [4.69, 9.17) is 4.74 Å². The first-order valence-electron chi connectivity index (χ1n) is 8.20. The molecule has 0 aliphatic rings. The Bertz CT molecular complexity index is 990. The van der Waals surface area contributed by atoms with E-state index in [0.717, 1.165) is 39.4 Å². The molecule has 0 saturated heterocycles. The zero-order chi connectivity index (χ0) is 17.1. The lowest BCUT2D eigenvalue weighted by molar-refractivity contribution is 0.416. The highest BCUT2D eigenvalue weighted by atomic mass is 16.5. The van der Waals surface area contributed by atoms with E-state index in [0.29, 0.717) is 0 Å². The quantitative estimate of drug-likeness (QED) is 0.544. The average molecular weight is 326 g/mol. The van der Waals surface area contributed by atoms with Gasteiger partial charge in [-0.3, -0.25) is 0 Å². The van der Waals surface area contributed by atoms with Crippen LogP contribution in [0, 0.1) is 0 Å². The number of ether oxygens (including phenoxy) is 1. The Hall–Kier alpha value is -3.33. The van der Waals surface area contributed by atoms with Gasteiger partial charge in [0.2, 0.25) is 0 Å². The van der Waals surface area contributed by atoms with Crippen LogP contribution in [0.3, 0.4) is 0 Å². The molecule has 122 valence electrons. The number of methoxy groups -OCH3 is 1. The van der Waals surface area contributed by atoms with Crippen LogP contribution in [0.5, 0.6) is 5.75 Å². The highest BCUT2D eigenvalue weighted by Gasteiger charge is 2.16. The molecule has 0 spiro atoms. The molecule has 0 atom stereocenters. The summed E-state index contributed by atoms with van der Waals surface area (Å²) >= 11 is 0. The van der Waals surface area contributed by atoms with E-state index in [-0.39, 0.29) is 0 Å². The second kappa shape index (κ2) is 6.65. The highest BCUT2D eigenvalue weighted by Crippen LogP contribution is 2.39. The number of imidazole rings is 1. The molecule has 4 rings (SSSR count). The molecule has 0 saturated carbocycles. The van der Waals surface area contributed by atoms with E-state index in [2.05, 4.69) is 40.3 Å². The molecule has 3 nitrogen and oxygen atoms in total. The van der Waals surface area contributed by atoms with E-state index in [1.807, 2.05) is 48.5 Å². The first-order chi connectivity index (χ1) is 12.4. The van der Waals surface area contributed by atoms with Gasteiger partial charge in [0, 0.05) is 16.7 Å². The molecular weight excluding hydrogens is 308 g/mol. The Morgan fingerprint density at radius 3 is 2.12 bits per heavy atom. The standard InChI is InChI=1S/C22H18N2O/c1-25-20-14-8-7-12-18(20)17-11-5-6-13-19(17)22-21(23-15-24-22)16-9-3-2-4-10-16/h2-15H,1H3,(H,23,24). The summed E-state index contributed by atoms with van der Waals surface area (Å²) in [7, 11) is 1.70. The number of nitrogens with zero attached hydrogens (tertiary/aromatic N) is 1. The van der Waals surface area contributed by atoms with Crippen molar-refractivity contribution in [1.29, 1.82) is 0 Å². The molecule has 0 amide bonds. The van der Waals surface area contributed by atoms with Gasteiger partial charge in [-0.1, -0.05) is 72.8 Å². The van der Waals surface area contributed by atoms with Crippen LogP contribution < -0.4 is 4.74 Å². The maximum absolute atomic E-state index is 5.56. The molecule has 0 unspecified atom stereocenters. The van der Waals surface area contributed by atoms with Gasteiger partial charge in [-0.2, -0.15) is 0 Å². The van der Waals surface area contributed by atoms with Crippen molar-refractivity contribution in [3.63, 3.8) is 0 Å². The van der Waals surface area contributed by atoms with Gasteiger partial charge in [0.1, 0.15) is 5.75 Å². The smallest absolute Gasteiger partial charge is 0.126 e. The third-order valence-corrected chi connectivity index (χ3v) is 4.28. The summed E-state index contributed by atoms with van der Waals surface area (Å²) in [5.74, 6) is 0.857. The van der Waals surface area contributed by atoms with E-state index < -0.39 is 0 Å². The number of rotatable bonds is 4. The van der Waals surface area contributed by atoms with Gasteiger partial charge >= 0.3 is 0 Å². The molecule has 3 aromatic carbocycles. The number of hydrogen-bond acceptors (Lipinski definition) is 2. The number of aromatic nitrogens is 2. The topological polar surface area (TPSA) is 37.9 Å². The normalized spacial score (nSPS) is 10.6. The van der Waals surface area contributed by atoms with Crippen LogP contribution in [-0.4, -0.2) is 17.1 Å². The van der Waals surface area contributed by atoms with Crippen LogP contribution in [0.25, 0.3) is 33.6 Å². The van der Waals surface area contributed by atoms with Gasteiger partial charge in [0.25, 0.3) is 0 Å². The third-order valence-electron chi connectivity index (χ3n) is 4.28. The van der Waals surface area contributed by atoms with Crippen molar-refractivity contribution in [1.82, 2.24) is 9.97 Å². The first kappa shape index (κ1) is 15.2. The summed E-state index contributed by atoms with van der Waals surface area (Å²) in [6.45, 7) is 0. The molecule has 1 heterocycles. The van der Waals surface area contributed by atoms with Gasteiger partial charge < -0.3 is 9.72 Å². The van der Waals surface area contributed by atoms with Crippen molar-refractivity contribution < 1.29 is 4.74 Å². The number of benzene rings is 3. The summed E-state index contributed by atoms with van der Waals surface area (Å²) in [4.78, 5) is 7.87. The summed E-state index contributed by atoms with van der Waals surface area (Å²) in [6, 6.07) is 26.6. The van der Waals surface area contributed by atoms with Crippen LogP contribution in [0.2, 0.25) is 0 Å². The predicted molar refractivity (Wildman–Crippen MR) is 101 cm³/mol. The van der Waals surface area contributed by atoms with Gasteiger partial charge in [-0.05, 0) is 11.6 Å². The third kappa shape index (κ3) is 2.81. The van der Waals surface area contributed by atoms with Gasteiger partial charge in [0.05, 0.1) is 24.8 Å². The number of nitrogens with one attached hydrogen (secondary N) is 1. The van der Waals surface area contributed by atoms with Crippen molar-refractivity contribution in [3.05, 3.63) is 85.2 Å². The SMILES string of the molecule is COc1ccccc1-c1ccccc1-c1[nH]cnc1-c1ccccc1. The van der Waals surface area contributed by atoms with Crippen molar-refractivity contribution in [2.75, 3.05) is 7.11 Å². The number of hydrogen-bond donors (Lipinski definition) is 1.